The van der Waals surface area contributed by atoms with Crippen molar-refractivity contribution in [1.82, 2.24) is 9.29 Å². The molecule has 1 fully saturated rings. The quantitative estimate of drug-likeness (QED) is 0.639. The maximum absolute atomic E-state index is 12.1. The monoisotopic (exact) mass is 414 g/mol. The average Bonchev–Trinajstić information content (AvgIpc) is 2.94. The van der Waals surface area contributed by atoms with Crippen LogP contribution in [-0.2, 0) is 16.6 Å². The van der Waals surface area contributed by atoms with E-state index in [9.17, 15) is 13.5 Å². The first-order valence-corrected chi connectivity index (χ1v) is 12.3. The molecule has 3 aromatic rings. The predicted octanol–water partition coefficient (Wildman–Crippen LogP) is 4.04. The van der Waals surface area contributed by atoms with Gasteiger partial charge in [0, 0.05) is 33.9 Å². The van der Waals surface area contributed by atoms with E-state index in [-0.39, 0.29) is 0 Å². The van der Waals surface area contributed by atoms with Gasteiger partial charge < -0.3 is 9.67 Å². The molecule has 1 aliphatic carbocycles. The highest BCUT2D eigenvalue weighted by Crippen LogP contribution is 2.37. The molecule has 0 saturated heterocycles. The van der Waals surface area contributed by atoms with Crippen molar-refractivity contribution < 1.29 is 13.5 Å². The first kappa shape index (κ1) is 20.4. The van der Waals surface area contributed by atoms with E-state index in [1.807, 2.05) is 24.3 Å². The molecule has 0 radical (unpaired) electrons. The second-order valence-electron chi connectivity index (χ2n) is 8.86. The number of aliphatic hydroxyl groups is 1. The summed E-state index contributed by atoms with van der Waals surface area (Å²) in [5.74, 6) is 0.443. The molecular weight excluding hydrogens is 384 g/mol. The molecular formula is C23H30N2O3S. The van der Waals surface area contributed by atoms with Crippen LogP contribution in [0.25, 0.3) is 21.8 Å². The summed E-state index contributed by atoms with van der Waals surface area (Å²) >= 11 is 0. The van der Waals surface area contributed by atoms with Gasteiger partial charge in [-0.2, -0.15) is 0 Å². The third kappa shape index (κ3) is 4.34. The molecule has 1 aliphatic rings. The second kappa shape index (κ2) is 7.74. The third-order valence-electron chi connectivity index (χ3n) is 6.19. The molecule has 0 spiro atoms. The lowest BCUT2D eigenvalue weighted by Crippen LogP contribution is -2.52. The van der Waals surface area contributed by atoms with E-state index in [1.165, 1.54) is 17.0 Å². The van der Waals surface area contributed by atoms with Gasteiger partial charge in [-0.15, -0.1) is 0 Å². The van der Waals surface area contributed by atoms with Gasteiger partial charge in [-0.25, -0.2) is 13.1 Å². The Hall–Kier alpha value is -1.89. The minimum Gasteiger partial charge on any atom is -0.391 e. The standard InChI is InChI=1S/C23H30N2O3S/c1-17-8-7-13-23(14-17,24-29(2,27)28)15-18(26)16-25-21-11-5-3-9-19(21)20-10-4-6-12-22(20)25/h3-6,9-12,17-18,24,26H,7-8,13-16H2,1-2H3. The molecule has 3 atom stereocenters. The molecule has 0 aliphatic heterocycles. The number of aromatic nitrogens is 1. The Balaban J connectivity index is 1.65. The number of rotatable bonds is 6. The first-order chi connectivity index (χ1) is 13.8. The Bertz CT molecular complexity index is 1070. The van der Waals surface area contributed by atoms with E-state index in [0.717, 1.165) is 36.7 Å². The third-order valence-corrected chi connectivity index (χ3v) is 7.00. The van der Waals surface area contributed by atoms with Gasteiger partial charge in [-0.1, -0.05) is 56.2 Å². The molecule has 1 aromatic heterocycles. The minimum atomic E-state index is -3.35. The van der Waals surface area contributed by atoms with Crippen LogP contribution in [0.1, 0.15) is 39.0 Å². The lowest BCUT2D eigenvalue weighted by molar-refractivity contribution is 0.0855. The highest BCUT2D eigenvalue weighted by Gasteiger charge is 2.39. The van der Waals surface area contributed by atoms with Crippen LogP contribution < -0.4 is 4.72 Å². The number of para-hydroxylation sites is 2. The highest BCUT2D eigenvalue weighted by atomic mass is 32.2. The summed E-state index contributed by atoms with van der Waals surface area (Å²) in [5.41, 5.74) is 1.62. The van der Waals surface area contributed by atoms with E-state index in [4.69, 9.17) is 0 Å². The fraction of sp³-hybridized carbons (Fsp3) is 0.478. The van der Waals surface area contributed by atoms with Gasteiger partial charge in [-0.3, -0.25) is 0 Å². The Labute approximate surface area is 172 Å². The normalized spacial score (nSPS) is 24.2. The lowest BCUT2D eigenvalue weighted by Gasteiger charge is -2.41. The van der Waals surface area contributed by atoms with Crippen molar-refractivity contribution in [3.05, 3.63) is 48.5 Å². The zero-order chi connectivity index (χ0) is 20.6. The molecule has 29 heavy (non-hydrogen) atoms. The van der Waals surface area contributed by atoms with Crippen molar-refractivity contribution in [2.24, 2.45) is 5.92 Å². The molecule has 2 N–H and O–H groups in total. The van der Waals surface area contributed by atoms with Gasteiger partial charge in [0.15, 0.2) is 0 Å². The number of hydrogen-bond acceptors (Lipinski definition) is 3. The van der Waals surface area contributed by atoms with Crippen LogP contribution in [-0.4, -0.2) is 36.0 Å². The van der Waals surface area contributed by atoms with Crippen molar-refractivity contribution in [3.63, 3.8) is 0 Å². The molecule has 1 saturated carbocycles. The van der Waals surface area contributed by atoms with Gasteiger partial charge in [-0.05, 0) is 37.3 Å². The second-order valence-corrected chi connectivity index (χ2v) is 10.6. The van der Waals surface area contributed by atoms with Crippen LogP contribution in [0.15, 0.2) is 48.5 Å². The molecule has 6 heteroatoms. The molecule has 3 unspecified atom stereocenters. The van der Waals surface area contributed by atoms with Crippen molar-refractivity contribution in [2.75, 3.05) is 6.26 Å². The van der Waals surface area contributed by atoms with Crippen LogP contribution in [0.2, 0.25) is 0 Å². The SMILES string of the molecule is CC1CCCC(CC(O)Cn2c3ccccc3c3ccccc32)(NS(C)(=O)=O)C1. The smallest absolute Gasteiger partial charge is 0.209 e. The van der Waals surface area contributed by atoms with Crippen LogP contribution in [0.4, 0.5) is 0 Å². The Morgan fingerprint density at radius 2 is 1.72 bits per heavy atom. The van der Waals surface area contributed by atoms with Gasteiger partial charge in [0.25, 0.3) is 0 Å². The Morgan fingerprint density at radius 1 is 1.14 bits per heavy atom. The summed E-state index contributed by atoms with van der Waals surface area (Å²) in [6, 6.07) is 16.5. The van der Waals surface area contributed by atoms with E-state index >= 15 is 0 Å². The zero-order valence-corrected chi connectivity index (χ0v) is 18.0. The molecule has 4 rings (SSSR count). The van der Waals surface area contributed by atoms with Gasteiger partial charge in [0.2, 0.25) is 10.0 Å². The average molecular weight is 415 g/mol. The summed E-state index contributed by atoms with van der Waals surface area (Å²) in [6.45, 7) is 2.60. The van der Waals surface area contributed by atoms with E-state index < -0.39 is 21.7 Å². The number of aliphatic hydroxyl groups excluding tert-OH is 1. The van der Waals surface area contributed by atoms with Gasteiger partial charge in [0.1, 0.15) is 0 Å². The summed E-state index contributed by atoms with van der Waals surface area (Å²) in [5, 5.41) is 13.4. The number of sulfonamides is 1. The fourth-order valence-corrected chi connectivity index (χ4v) is 6.35. The van der Waals surface area contributed by atoms with Gasteiger partial charge in [0.05, 0.1) is 12.4 Å². The summed E-state index contributed by atoms with van der Waals surface area (Å²) in [7, 11) is -3.35. The summed E-state index contributed by atoms with van der Waals surface area (Å²) in [6.07, 6.45) is 4.62. The van der Waals surface area contributed by atoms with Crippen molar-refractivity contribution >= 4 is 31.8 Å². The molecule has 156 valence electrons. The Morgan fingerprint density at radius 3 is 2.28 bits per heavy atom. The predicted molar refractivity (Wildman–Crippen MR) is 118 cm³/mol. The maximum atomic E-state index is 12.1. The first-order valence-electron chi connectivity index (χ1n) is 10.4. The number of fused-ring (bicyclic) bond motifs is 3. The number of nitrogens with one attached hydrogen (secondary N) is 1. The van der Waals surface area contributed by atoms with E-state index in [1.54, 1.807) is 0 Å². The maximum Gasteiger partial charge on any atom is 0.209 e. The molecule has 5 nitrogen and oxygen atoms in total. The Kier molecular flexibility index (Phi) is 5.44. The topological polar surface area (TPSA) is 71.3 Å². The summed E-state index contributed by atoms with van der Waals surface area (Å²) in [4.78, 5) is 0. The number of benzene rings is 2. The van der Waals surface area contributed by atoms with Crippen molar-refractivity contribution in [1.29, 1.82) is 0 Å². The van der Waals surface area contributed by atoms with Crippen LogP contribution >= 0.6 is 0 Å². The number of hydrogen-bond donors (Lipinski definition) is 2. The summed E-state index contributed by atoms with van der Waals surface area (Å²) < 4.78 is 29.2. The van der Waals surface area contributed by atoms with Gasteiger partial charge >= 0.3 is 0 Å². The molecule has 0 bridgehead atoms. The van der Waals surface area contributed by atoms with Crippen LogP contribution in [0, 0.1) is 5.92 Å². The zero-order valence-electron chi connectivity index (χ0n) is 17.1. The van der Waals surface area contributed by atoms with E-state index in [2.05, 4.69) is 40.5 Å². The van der Waals surface area contributed by atoms with Crippen molar-refractivity contribution in [2.45, 2.75) is 57.2 Å². The molecule has 0 amide bonds. The van der Waals surface area contributed by atoms with Crippen LogP contribution in [0.3, 0.4) is 0 Å². The van der Waals surface area contributed by atoms with Crippen LogP contribution in [0.5, 0.6) is 0 Å². The highest BCUT2D eigenvalue weighted by molar-refractivity contribution is 7.88. The van der Waals surface area contributed by atoms with Crippen molar-refractivity contribution in [3.8, 4) is 0 Å². The fourth-order valence-electron chi connectivity index (χ4n) is 5.30. The number of nitrogens with zero attached hydrogens (tertiary/aromatic N) is 1. The molecule has 2 aromatic carbocycles. The van der Waals surface area contributed by atoms with E-state index in [0.29, 0.717) is 18.9 Å². The molecule has 1 heterocycles. The lowest BCUT2D eigenvalue weighted by atomic mass is 9.74. The minimum absolute atomic E-state index is 0.422. The largest absolute Gasteiger partial charge is 0.391 e.